The third-order valence-corrected chi connectivity index (χ3v) is 3.18. The van der Waals surface area contributed by atoms with Gasteiger partial charge in [-0.05, 0) is 16.7 Å². The van der Waals surface area contributed by atoms with Crippen LogP contribution < -0.4 is 0 Å². The predicted molar refractivity (Wildman–Crippen MR) is 73.0 cm³/mol. The Hall–Kier alpha value is -1.80. The zero-order valence-corrected chi connectivity index (χ0v) is 10.5. The van der Waals surface area contributed by atoms with Gasteiger partial charge in [-0.25, -0.2) is 0 Å². The Morgan fingerprint density at radius 1 is 1.06 bits per heavy atom. The van der Waals surface area contributed by atoms with Gasteiger partial charge in [0.15, 0.2) is 0 Å². The first-order valence-corrected chi connectivity index (χ1v) is 6.20. The Morgan fingerprint density at radius 2 is 1.67 bits per heavy atom. The SMILES string of the molecule is O=C(O)C(CCl)c1ccccc1-c1ccccc1. The molecule has 2 rings (SSSR count). The van der Waals surface area contributed by atoms with Gasteiger partial charge in [0.1, 0.15) is 0 Å². The third-order valence-electron chi connectivity index (χ3n) is 2.87. The lowest BCUT2D eigenvalue weighted by Crippen LogP contribution is -2.14. The van der Waals surface area contributed by atoms with Crippen molar-refractivity contribution < 1.29 is 9.90 Å². The summed E-state index contributed by atoms with van der Waals surface area (Å²) in [6.45, 7) is 0. The maximum Gasteiger partial charge on any atom is 0.312 e. The van der Waals surface area contributed by atoms with E-state index in [0.717, 1.165) is 16.7 Å². The molecule has 1 unspecified atom stereocenters. The second-order valence-corrected chi connectivity index (χ2v) is 4.31. The summed E-state index contributed by atoms with van der Waals surface area (Å²) in [6, 6.07) is 17.2. The molecule has 0 saturated carbocycles. The predicted octanol–water partition coefficient (Wildman–Crippen LogP) is 3.76. The molecule has 0 aliphatic rings. The summed E-state index contributed by atoms with van der Waals surface area (Å²) < 4.78 is 0. The minimum atomic E-state index is -0.895. The number of carboxylic acid groups (broad SMARTS) is 1. The highest BCUT2D eigenvalue weighted by molar-refractivity contribution is 6.19. The van der Waals surface area contributed by atoms with E-state index in [1.54, 1.807) is 0 Å². The molecule has 0 aromatic heterocycles. The summed E-state index contributed by atoms with van der Waals surface area (Å²) in [5.74, 6) is -1.50. The van der Waals surface area contributed by atoms with Crippen molar-refractivity contribution in [3.05, 3.63) is 60.2 Å². The molecule has 0 heterocycles. The van der Waals surface area contributed by atoms with E-state index in [0.29, 0.717) is 0 Å². The van der Waals surface area contributed by atoms with Crippen molar-refractivity contribution in [1.29, 1.82) is 0 Å². The number of hydrogen-bond acceptors (Lipinski definition) is 1. The highest BCUT2D eigenvalue weighted by Gasteiger charge is 2.21. The van der Waals surface area contributed by atoms with Crippen molar-refractivity contribution in [3.8, 4) is 11.1 Å². The second-order valence-electron chi connectivity index (χ2n) is 4.00. The molecule has 18 heavy (non-hydrogen) atoms. The first-order valence-electron chi connectivity index (χ1n) is 5.67. The van der Waals surface area contributed by atoms with Crippen LogP contribution in [0.1, 0.15) is 11.5 Å². The van der Waals surface area contributed by atoms with E-state index in [1.807, 2.05) is 54.6 Å². The summed E-state index contributed by atoms with van der Waals surface area (Å²) >= 11 is 5.78. The summed E-state index contributed by atoms with van der Waals surface area (Å²) in [5, 5.41) is 9.21. The largest absolute Gasteiger partial charge is 0.481 e. The molecule has 0 saturated heterocycles. The van der Waals surface area contributed by atoms with Gasteiger partial charge in [-0.15, -0.1) is 11.6 Å². The van der Waals surface area contributed by atoms with Crippen LogP contribution in [0.4, 0.5) is 0 Å². The van der Waals surface area contributed by atoms with Gasteiger partial charge in [0, 0.05) is 5.88 Å². The van der Waals surface area contributed by atoms with Crippen LogP contribution >= 0.6 is 11.6 Å². The lowest BCUT2D eigenvalue weighted by molar-refractivity contribution is -0.138. The fraction of sp³-hybridized carbons (Fsp3) is 0.133. The summed E-state index contributed by atoms with van der Waals surface area (Å²) in [6.07, 6.45) is 0. The second kappa shape index (κ2) is 5.69. The standard InChI is InChI=1S/C15H13ClO2/c16-10-14(15(17)18)13-9-5-4-8-12(13)11-6-2-1-3-7-11/h1-9,14H,10H2,(H,17,18). The third kappa shape index (κ3) is 2.54. The molecular formula is C15H13ClO2. The van der Waals surface area contributed by atoms with Crippen LogP contribution in [-0.4, -0.2) is 17.0 Å². The Kier molecular flexibility index (Phi) is 4.00. The number of carbonyl (C=O) groups is 1. The Bertz CT molecular complexity index is 537. The summed E-state index contributed by atoms with van der Waals surface area (Å²) in [7, 11) is 0. The van der Waals surface area contributed by atoms with Crippen LogP contribution in [0.15, 0.2) is 54.6 Å². The van der Waals surface area contributed by atoms with E-state index < -0.39 is 11.9 Å². The topological polar surface area (TPSA) is 37.3 Å². The molecular weight excluding hydrogens is 248 g/mol. The highest BCUT2D eigenvalue weighted by Crippen LogP contribution is 2.30. The zero-order valence-electron chi connectivity index (χ0n) is 9.71. The molecule has 92 valence electrons. The van der Waals surface area contributed by atoms with E-state index in [4.69, 9.17) is 11.6 Å². The van der Waals surface area contributed by atoms with Crippen LogP contribution in [-0.2, 0) is 4.79 Å². The van der Waals surface area contributed by atoms with Crippen LogP contribution in [0.2, 0.25) is 0 Å². The molecule has 0 spiro atoms. The normalized spacial score (nSPS) is 12.1. The van der Waals surface area contributed by atoms with E-state index >= 15 is 0 Å². The molecule has 3 heteroatoms. The maximum atomic E-state index is 11.2. The Balaban J connectivity index is 2.53. The number of rotatable bonds is 4. The minimum Gasteiger partial charge on any atom is -0.481 e. The quantitative estimate of drug-likeness (QED) is 0.850. The van der Waals surface area contributed by atoms with E-state index in [9.17, 15) is 9.90 Å². The number of carboxylic acids is 1. The average molecular weight is 261 g/mol. The number of halogens is 1. The van der Waals surface area contributed by atoms with Crippen molar-refractivity contribution >= 4 is 17.6 Å². The first-order chi connectivity index (χ1) is 8.74. The summed E-state index contributed by atoms with van der Waals surface area (Å²) in [5.41, 5.74) is 2.68. The molecule has 2 aromatic rings. The molecule has 0 fully saturated rings. The van der Waals surface area contributed by atoms with Crippen LogP contribution in [0.25, 0.3) is 11.1 Å². The van der Waals surface area contributed by atoms with Crippen LogP contribution in [0.5, 0.6) is 0 Å². The molecule has 2 nitrogen and oxygen atoms in total. The molecule has 1 N–H and O–H groups in total. The fourth-order valence-electron chi connectivity index (χ4n) is 1.96. The molecule has 2 aromatic carbocycles. The van der Waals surface area contributed by atoms with E-state index in [1.165, 1.54) is 0 Å². The minimum absolute atomic E-state index is 0.0686. The van der Waals surface area contributed by atoms with Gasteiger partial charge >= 0.3 is 5.97 Å². The zero-order chi connectivity index (χ0) is 13.0. The van der Waals surface area contributed by atoms with Crippen molar-refractivity contribution in [1.82, 2.24) is 0 Å². The fourth-order valence-corrected chi connectivity index (χ4v) is 2.26. The number of hydrogen-bond donors (Lipinski definition) is 1. The molecule has 0 radical (unpaired) electrons. The highest BCUT2D eigenvalue weighted by atomic mass is 35.5. The molecule has 0 amide bonds. The van der Waals surface area contributed by atoms with E-state index in [-0.39, 0.29) is 5.88 Å². The Morgan fingerprint density at radius 3 is 2.28 bits per heavy atom. The molecule has 0 bridgehead atoms. The maximum absolute atomic E-state index is 11.2. The Labute approximate surface area is 111 Å². The molecule has 0 aliphatic carbocycles. The van der Waals surface area contributed by atoms with Gasteiger partial charge < -0.3 is 5.11 Å². The van der Waals surface area contributed by atoms with Gasteiger partial charge in [-0.3, -0.25) is 4.79 Å². The van der Waals surface area contributed by atoms with Crippen molar-refractivity contribution in [2.45, 2.75) is 5.92 Å². The molecule has 1 atom stereocenters. The first kappa shape index (κ1) is 12.7. The number of aliphatic carboxylic acids is 1. The lowest BCUT2D eigenvalue weighted by atomic mass is 9.91. The number of benzene rings is 2. The van der Waals surface area contributed by atoms with Gasteiger partial charge in [-0.2, -0.15) is 0 Å². The van der Waals surface area contributed by atoms with Crippen molar-refractivity contribution in [2.75, 3.05) is 5.88 Å². The average Bonchev–Trinajstić information content (AvgIpc) is 2.41. The van der Waals surface area contributed by atoms with Gasteiger partial charge in [0.25, 0.3) is 0 Å². The van der Waals surface area contributed by atoms with Gasteiger partial charge in [0.05, 0.1) is 5.92 Å². The smallest absolute Gasteiger partial charge is 0.312 e. The lowest BCUT2D eigenvalue weighted by Gasteiger charge is -2.14. The molecule has 0 aliphatic heterocycles. The van der Waals surface area contributed by atoms with Crippen LogP contribution in [0, 0.1) is 0 Å². The number of alkyl halides is 1. The van der Waals surface area contributed by atoms with E-state index in [2.05, 4.69) is 0 Å². The van der Waals surface area contributed by atoms with Crippen molar-refractivity contribution in [3.63, 3.8) is 0 Å². The van der Waals surface area contributed by atoms with Gasteiger partial charge in [-0.1, -0.05) is 54.6 Å². The monoisotopic (exact) mass is 260 g/mol. The van der Waals surface area contributed by atoms with Gasteiger partial charge in [0.2, 0.25) is 0 Å². The van der Waals surface area contributed by atoms with Crippen molar-refractivity contribution in [2.24, 2.45) is 0 Å². The summed E-state index contributed by atoms with van der Waals surface area (Å²) in [4.78, 5) is 11.2. The van der Waals surface area contributed by atoms with Crippen LogP contribution in [0.3, 0.4) is 0 Å².